The Morgan fingerprint density at radius 3 is 2.52 bits per heavy atom. The molecule has 3 aromatic heterocycles. The summed E-state index contributed by atoms with van der Waals surface area (Å²) in [7, 11) is -3.15. The van der Waals surface area contributed by atoms with Crippen LogP contribution in [0.15, 0.2) is 67.0 Å². The molecule has 158 valence electrons. The lowest BCUT2D eigenvalue weighted by Crippen LogP contribution is -2.24. The molecular weight excluding hydrogens is 410 g/mol. The van der Waals surface area contributed by atoms with E-state index in [-0.39, 0.29) is 5.75 Å². The van der Waals surface area contributed by atoms with E-state index in [0.717, 1.165) is 35.2 Å². The van der Waals surface area contributed by atoms with E-state index < -0.39 is 15.3 Å². The van der Waals surface area contributed by atoms with Crippen molar-refractivity contribution in [3.63, 3.8) is 0 Å². The van der Waals surface area contributed by atoms with Crippen LogP contribution in [0.2, 0.25) is 0 Å². The number of pyridine rings is 1. The van der Waals surface area contributed by atoms with Gasteiger partial charge >= 0.3 is 0 Å². The van der Waals surface area contributed by atoms with Gasteiger partial charge < -0.3 is 5.32 Å². The van der Waals surface area contributed by atoms with Gasteiger partial charge in [0.15, 0.2) is 11.6 Å². The van der Waals surface area contributed by atoms with E-state index in [0.29, 0.717) is 18.2 Å². The van der Waals surface area contributed by atoms with Crippen LogP contribution in [0.3, 0.4) is 0 Å². The maximum atomic E-state index is 12.0. The van der Waals surface area contributed by atoms with E-state index in [2.05, 4.69) is 22.4 Å². The number of nitrogens with one attached hydrogen (secondary N) is 1. The Kier molecular flexibility index (Phi) is 4.74. The summed E-state index contributed by atoms with van der Waals surface area (Å²) in [6, 6.07) is 17.9. The van der Waals surface area contributed by atoms with E-state index in [1.807, 2.05) is 53.2 Å². The molecule has 0 saturated heterocycles. The molecule has 0 bridgehead atoms. The van der Waals surface area contributed by atoms with Gasteiger partial charge in [0.25, 0.3) is 0 Å². The number of hydrogen-bond acceptors (Lipinski definition) is 6. The third-order valence-electron chi connectivity index (χ3n) is 5.63. The Hall–Kier alpha value is -3.26. The minimum Gasteiger partial charge on any atom is -0.363 e. The number of sulfone groups is 1. The van der Waals surface area contributed by atoms with Crippen molar-refractivity contribution < 1.29 is 8.42 Å². The zero-order valence-corrected chi connectivity index (χ0v) is 18.0. The molecule has 1 saturated carbocycles. The van der Waals surface area contributed by atoms with Crippen molar-refractivity contribution in [1.82, 2.24) is 19.6 Å². The van der Waals surface area contributed by atoms with Crippen LogP contribution in [0.5, 0.6) is 0 Å². The summed E-state index contributed by atoms with van der Waals surface area (Å²) < 4.78 is 25.9. The highest BCUT2D eigenvalue weighted by Gasteiger charge is 2.50. The summed E-state index contributed by atoms with van der Waals surface area (Å²) >= 11 is 0. The highest BCUT2D eigenvalue weighted by atomic mass is 32.2. The van der Waals surface area contributed by atoms with E-state index >= 15 is 0 Å². The largest absolute Gasteiger partial charge is 0.363 e. The van der Waals surface area contributed by atoms with Gasteiger partial charge in [0.05, 0.1) is 18.0 Å². The average Bonchev–Trinajstić information content (AvgIpc) is 3.40. The molecule has 5 rings (SSSR count). The molecule has 1 N–H and O–H groups in total. The van der Waals surface area contributed by atoms with Gasteiger partial charge in [-0.2, -0.15) is 5.10 Å². The highest BCUT2D eigenvalue weighted by molar-refractivity contribution is 7.90. The first-order chi connectivity index (χ1) is 14.9. The molecule has 0 unspecified atom stereocenters. The molecule has 0 radical (unpaired) electrons. The maximum Gasteiger partial charge on any atom is 0.158 e. The fourth-order valence-corrected chi connectivity index (χ4v) is 5.41. The first kappa shape index (κ1) is 19.7. The summed E-state index contributed by atoms with van der Waals surface area (Å²) in [6.07, 6.45) is 6.49. The second-order valence-corrected chi connectivity index (χ2v) is 10.3. The monoisotopic (exact) mass is 433 g/mol. The summed E-state index contributed by atoms with van der Waals surface area (Å²) in [5.74, 6) is 1.32. The highest BCUT2D eigenvalue weighted by Crippen LogP contribution is 2.48. The lowest BCUT2D eigenvalue weighted by atomic mass is 10.1. The van der Waals surface area contributed by atoms with Crippen molar-refractivity contribution in [3.8, 4) is 11.1 Å². The van der Waals surface area contributed by atoms with Gasteiger partial charge in [0, 0.05) is 29.6 Å². The van der Waals surface area contributed by atoms with Crippen molar-refractivity contribution >= 4 is 21.2 Å². The van der Waals surface area contributed by atoms with Crippen LogP contribution in [0.25, 0.3) is 16.6 Å². The van der Waals surface area contributed by atoms with E-state index in [1.54, 1.807) is 6.20 Å². The molecule has 31 heavy (non-hydrogen) atoms. The zero-order chi connectivity index (χ0) is 21.5. The fourth-order valence-electron chi connectivity index (χ4n) is 3.99. The van der Waals surface area contributed by atoms with E-state index in [1.165, 1.54) is 6.26 Å². The van der Waals surface area contributed by atoms with E-state index in [9.17, 15) is 8.42 Å². The molecule has 8 heteroatoms. The van der Waals surface area contributed by atoms with Gasteiger partial charge in [-0.1, -0.05) is 36.4 Å². The number of hydrogen-bond donors (Lipinski definition) is 1. The van der Waals surface area contributed by atoms with Gasteiger partial charge in [-0.05, 0) is 36.6 Å². The molecule has 7 nitrogen and oxygen atoms in total. The van der Waals surface area contributed by atoms with Crippen molar-refractivity contribution in [1.29, 1.82) is 0 Å². The number of benzene rings is 1. The number of aromatic nitrogens is 4. The molecule has 0 spiro atoms. The molecule has 1 fully saturated rings. The Morgan fingerprint density at radius 1 is 1.06 bits per heavy atom. The molecule has 3 heterocycles. The summed E-state index contributed by atoms with van der Waals surface area (Å²) in [5.41, 5.74) is 3.34. The Bertz CT molecular complexity index is 1330. The Labute approximate surface area is 181 Å². The van der Waals surface area contributed by atoms with Crippen LogP contribution in [0.4, 0.5) is 5.82 Å². The Balaban J connectivity index is 1.61. The third kappa shape index (κ3) is 4.03. The van der Waals surface area contributed by atoms with Gasteiger partial charge in [-0.3, -0.25) is 4.98 Å². The van der Waals surface area contributed by atoms with Crippen molar-refractivity contribution in [3.05, 3.63) is 78.5 Å². The van der Waals surface area contributed by atoms with Crippen LogP contribution >= 0.6 is 0 Å². The first-order valence-electron chi connectivity index (χ1n) is 10.2. The normalized spacial score (nSPS) is 15.1. The molecule has 1 aliphatic carbocycles. The summed E-state index contributed by atoms with van der Waals surface area (Å²) in [5, 5.41) is 8.16. The molecular formula is C23H23N5O2S. The van der Waals surface area contributed by atoms with Gasteiger partial charge in [0.1, 0.15) is 15.4 Å². The van der Waals surface area contributed by atoms with Crippen LogP contribution in [-0.4, -0.2) is 40.0 Å². The van der Waals surface area contributed by atoms with Crippen molar-refractivity contribution in [2.75, 3.05) is 17.3 Å². The van der Waals surface area contributed by atoms with E-state index in [4.69, 9.17) is 10.1 Å². The van der Waals surface area contributed by atoms with Gasteiger partial charge in [-0.25, -0.2) is 17.9 Å². The molecule has 0 aliphatic heterocycles. The SMILES string of the molecule is CS(=O)(=O)CC1(c2nc(NCc3ccccn3)c3c(-c4ccccc4)ccn3n2)CC1. The molecule has 1 aliphatic rings. The average molecular weight is 434 g/mol. The molecule has 0 amide bonds. The van der Waals surface area contributed by atoms with Gasteiger partial charge in [0.2, 0.25) is 0 Å². The predicted octanol–water partition coefficient (Wildman–Crippen LogP) is 3.48. The molecule has 1 aromatic carbocycles. The van der Waals surface area contributed by atoms with Gasteiger partial charge in [-0.15, -0.1) is 0 Å². The number of anilines is 1. The van der Waals surface area contributed by atoms with Crippen molar-refractivity contribution in [2.45, 2.75) is 24.8 Å². The second kappa shape index (κ2) is 7.46. The van der Waals surface area contributed by atoms with Crippen molar-refractivity contribution in [2.24, 2.45) is 0 Å². The minimum atomic E-state index is -3.15. The second-order valence-electron chi connectivity index (χ2n) is 8.20. The molecule has 0 atom stereocenters. The van der Waals surface area contributed by atoms with Crippen LogP contribution in [0, 0.1) is 0 Å². The number of nitrogens with zero attached hydrogens (tertiary/aromatic N) is 4. The predicted molar refractivity (Wildman–Crippen MR) is 121 cm³/mol. The third-order valence-corrected chi connectivity index (χ3v) is 6.70. The quantitative estimate of drug-likeness (QED) is 0.480. The molecule has 4 aromatic rings. The van der Waals surface area contributed by atoms with Crippen LogP contribution < -0.4 is 5.32 Å². The maximum absolute atomic E-state index is 12.0. The summed E-state index contributed by atoms with van der Waals surface area (Å²) in [6.45, 7) is 0.505. The summed E-state index contributed by atoms with van der Waals surface area (Å²) in [4.78, 5) is 9.24. The Morgan fingerprint density at radius 2 is 1.84 bits per heavy atom. The topological polar surface area (TPSA) is 89.2 Å². The van der Waals surface area contributed by atoms with Crippen LogP contribution in [-0.2, 0) is 21.8 Å². The van der Waals surface area contributed by atoms with Crippen LogP contribution in [0.1, 0.15) is 24.4 Å². The number of rotatable bonds is 7. The lowest BCUT2D eigenvalue weighted by Gasteiger charge is -2.16. The zero-order valence-electron chi connectivity index (χ0n) is 17.2. The number of fused-ring (bicyclic) bond motifs is 1. The minimum absolute atomic E-state index is 0.0675. The smallest absolute Gasteiger partial charge is 0.158 e. The lowest BCUT2D eigenvalue weighted by molar-refractivity contribution is 0.583. The standard InChI is InChI=1S/C23H23N5O2S/c1-31(29,30)16-23(11-12-23)22-26-21(25-15-18-9-5-6-13-24-18)20-19(10-14-28(20)27-22)17-7-3-2-4-8-17/h2-10,13-14H,11-12,15-16H2,1H3,(H,25,26,27). The fraction of sp³-hybridized carbons (Fsp3) is 0.261. The first-order valence-corrected chi connectivity index (χ1v) is 12.3.